The molecule has 7 rings (SSSR count). The zero-order valence-electron chi connectivity index (χ0n) is 37.4. The largest absolute Gasteiger partial charge is 0.462 e. The van der Waals surface area contributed by atoms with Gasteiger partial charge in [0.1, 0.15) is 35.9 Å². The van der Waals surface area contributed by atoms with Crippen LogP contribution in [0.15, 0.2) is 71.4 Å². The van der Waals surface area contributed by atoms with Crippen LogP contribution in [-0.2, 0) is 42.7 Å². The van der Waals surface area contributed by atoms with Crippen molar-refractivity contribution in [1.82, 2.24) is 0 Å². The Labute approximate surface area is 361 Å². The number of allylic oxidation sites excluding steroid dienone is 2. The van der Waals surface area contributed by atoms with E-state index in [1.807, 2.05) is 45.1 Å². The Morgan fingerprint density at radius 2 is 1.79 bits per heavy atom. The zero-order valence-corrected chi connectivity index (χ0v) is 37.4. The number of hydrogen-bond donors (Lipinski definition) is 2. The molecule has 12 nitrogen and oxygen atoms in total. The monoisotopic (exact) mass is 848 g/mol. The van der Waals surface area contributed by atoms with Gasteiger partial charge in [-0.25, -0.2) is 4.79 Å². The summed E-state index contributed by atoms with van der Waals surface area (Å²) < 4.78 is 51.6. The van der Waals surface area contributed by atoms with E-state index in [9.17, 15) is 19.8 Å². The topological polar surface area (TPSA) is 148 Å². The minimum atomic E-state index is -1.83. The average Bonchev–Trinajstić information content (AvgIpc) is 3.57. The third-order valence-corrected chi connectivity index (χ3v) is 14.2. The van der Waals surface area contributed by atoms with Crippen molar-refractivity contribution in [2.75, 3.05) is 13.7 Å². The number of aliphatic hydroxyl groups is 2. The Hall–Kier alpha value is -3.20. The quantitative estimate of drug-likeness (QED) is 0.211. The summed E-state index contributed by atoms with van der Waals surface area (Å²) in [6.07, 6.45) is 7.78. The third-order valence-electron chi connectivity index (χ3n) is 14.2. The Morgan fingerprint density at radius 3 is 2.51 bits per heavy atom. The number of ether oxygens (including phenoxy) is 8. The van der Waals surface area contributed by atoms with E-state index < -0.39 is 78.3 Å². The van der Waals surface area contributed by atoms with Gasteiger partial charge in [-0.2, -0.15) is 0 Å². The SMILES string of the molecule is CCC(C)[C@H]1OC2(CC[C@@H]1C)C[C@@H]1C[C@@H](C/C=C(\C)[C@@H](O[C@H]3C[C@H](OC)[C@@H](OC(=O)c4ccc(C)cc4)[C@H](C)O3)[C@@H](C)/C=C/C=C3\CO[C@@H]4[C@H](O)C(C)=C[C@@H](C(=O)O1)[C@]34O)O2. The summed E-state index contributed by atoms with van der Waals surface area (Å²) in [5.74, 6) is -2.57. The van der Waals surface area contributed by atoms with E-state index in [1.54, 1.807) is 38.3 Å². The summed E-state index contributed by atoms with van der Waals surface area (Å²) in [5.41, 5.74) is 1.66. The molecule has 1 aliphatic carbocycles. The molecule has 0 aromatic heterocycles. The molecule has 336 valence electrons. The highest BCUT2D eigenvalue weighted by atomic mass is 16.7. The fourth-order valence-electron chi connectivity index (χ4n) is 10.3. The Balaban J connectivity index is 1.19. The van der Waals surface area contributed by atoms with Crippen molar-refractivity contribution in [2.45, 2.75) is 173 Å². The van der Waals surface area contributed by atoms with Crippen molar-refractivity contribution < 1.29 is 57.7 Å². The summed E-state index contributed by atoms with van der Waals surface area (Å²) in [6, 6.07) is 7.25. The number of esters is 2. The maximum Gasteiger partial charge on any atom is 0.338 e. The lowest BCUT2D eigenvalue weighted by Gasteiger charge is -2.51. The fourth-order valence-corrected chi connectivity index (χ4v) is 10.3. The van der Waals surface area contributed by atoms with Crippen LogP contribution < -0.4 is 0 Å². The first-order chi connectivity index (χ1) is 29.0. The van der Waals surface area contributed by atoms with Gasteiger partial charge in [0.15, 0.2) is 18.2 Å². The second-order valence-electron chi connectivity index (χ2n) is 18.7. The maximum atomic E-state index is 14.3. The molecule has 16 atom stereocenters. The lowest BCUT2D eigenvalue weighted by Crippen LogP contribution is -2.58. The molecule has 1 aromatic rings. The molecular weight excluding hydrogens is 781 g/mol. The van der Waals surface area contributed by atoms with Crippen LogP contribution in [0.25, 0.3) is 0 Å². The number of benzene rings is 1. The van der Waals surface area contributed by atoms with Crippen LogP contribution in [0, 0.1) is 30.6 Å². The number of carbonyl (C=O) groups excluding carboxylic acids is 2. The molecule has 0 saturated carbocycles. The van der Waals surface area contributed by atoms with Crippen molar-refractivity contribution in [3.63, 3.8) is 0 Å². The van der Waals surface area contributed by atoms with Crippen LogP contribution in [-0.4, -0.2) is 108 Å². The van der Waals surface area contributed by atoms with Gasteiger partial charge in [-0.05, 0) is 81.2 Å². The Bertz CT molecular complexity index is 1850. The van der Waals surface area contributed by atoms with Gasteiger partial charge in [-0.3, -0.25) is 4.79 Å². The second-order valence-corrected chi connectivity index (χ2v) is 18.7. The number of rotatable bonds is 7. The van der Waals surface area contributed by atoms with Crippen molar-refractivity contribution in [1.29, 1.82) is 0 Å². The van der Waals surface area contributed by atoms with E-state index >= 15 is 0 Å². The predicted octanol–water partition coefficient (Wildman–Crippen LogP) is 7.24. The van der Waals surface area contributed by atoms with E-state index in [0.717, 1.165) is 24.0 Å². The Kier molecular flexibility index (Phi) is 14.2. The van der Waals surface area contributed by atoms with E-state index in [0.29, 0.717) is 60.6 Å². The number of hydrogen-bond acceptors (Lipinski definition) is 12. The number of carbonyl (C=O) groups is 2. The molecule has 2 bridgehead atoms. The van der Waals surface area contributed by atoms with Gasteiger partial charge in [0.2, 0.25) is 0 Å². The average molecular weight is 849 g/mol. The molecule has 5 aliphatic heterocycles. The molecule has 1 spiro atoms. The second kappa shape index (κ2) is 18.9. The predicted molar refractivity (Wildman–Crippen MR) is 227 cm³/mol. The van der Waals surface area contributed by atoms with Crippen LogP contribution in [0.1, 0.15) is 109 Å². The van der Waals surface area contributed by atoms with E-state index in [-0.39, 0.29) is 24.7 Å². The van der Waals surface area contributed by atoms with Gasteiger partial charge in [-0.15, -0.1) is 0 Å². The van der Waals surface area contributed by atoms with Gasteiger partial charge >= 0.3 is 11.9 Å². The summed E-state index contributed by atoms with van der Waals surface area (Å²) in [6.45, 7) is 16.3. The first kappa shape index (κ1) is 45.8. The number of methoxy groups -OCH3 is 1. The minimum Gasteiger partial charge on any atom is -0.462 e. The number of aliphatic hydroxyl groups excluding tert-OH is 1. The molecule has 4 fully saturated rings. The van der Waals surface area contributed by atoms with Crippen LogP contribution in [0.4, 0.5) is 0 Å². The van der Waals surface area contributed by atoms with Gasteiger partial charge in [0, 0.05) is 38.7 Å². The fraction of sp³-hybridized carbons (Fsp3) is 0.673. The molecule has 4 saturated heterocycles. The molecular formula is C49H68O12. The lowest BCUT2D eigenvalue weighted by molar-refractivity contribution is -0.340. The van der Waals surface area contributed by atoms with Gasteiger partial charge in [0.05, 0.1) is 36.6 Å². The number of fused-ring (bicyclic) bond motifs is 2. The van der Waals surface area contributed by atoms with Crippen LogP contribution >= 0.6 is 0 Å². The van der Waals surface area contributed by atoms with Crippen LogP contribution in [0.3, 0.4) is 0 Å². The molecule has 2 unspecified atom stereocenters. The summed E-state index contributed by atoms with van der Waals surface area (Å²) in [5, 5.41) is 23.7. The highest BCUT2D eigenvalue weighted by Gasteiger charge is 2.60. The molecule has 0 radical (unpaired) electrons. The molecule has 0 amide bonds. The first-order valence-corrected chi connectivity index (χ1v) is 22.5. The van der Waals surface area contributed by atoms with E-state index in [4.69, 9.17) is 37.9 Å². The van der Waals surface area contributed by atoms with Gasteiger partial charge in [0.25, 0.3) is 0 Å². The van der Waals surface area contributed by atoms with Crippen molar-refractivity contribution in [3.05, 3.63) is 82.5 Å². The van der Waals surface area contributed by atoms with E-state index in [1.165, 1.54) is 0 Å². The lowest BCUT2D eigenvalue weighted by atomic mass is 9.71. The zero-order chi connectivity index (χ0) is 43.8. The van der Waals surface area contributed by atoms with Crippen molar-refractivity contribution >= 4 is 11.9 Å². The normalized spacial score (nSPS) is 43.4. The van der Waals surface area contributed by atoms with E-state index in [2.05, 4.69) is 33.8 Å². The molecule has 6 aliphatic rings. The third kappa shape index (κ3) is 9.53. The van der Waals surface area contributed by atoms with Crippen molar-refractivity contribution in [2.24, 2.45) is 23.7 Å². The standard InChI is InChI=1S/C49H68O12/c1-10-28(3)43-31(6)20-21-48(61-43)25-37-23-36(60-48)19-16-30(5)42(58-40-24-39(54-9)44(33(8)56-40)59-46(51)34-17-14-27(2)15-18-34)29(4)12-11-13-35-26-55-45-41(50)32(7)22-38(47(52)57-37)49(35,45)53/h11-18,22,28-29,31,33,36-45,50,53H,10,19-21,23-26H2,1-9H3/b12-11+,30-16+,35-13+/t28?,29-,31-,33-,36+,37-,38-,39-,40-,41+,42-,43+,44-,45+,48?,49+/m0/s1. The summed E-state index contributed by atoms with van der Waals surface area (Å²) >= 11 is 0. The molecule has 12 heteroatoms. The van der Waals surface area contributed by atoms with Crippen LogP contribution in [0.2, 0.25) is 0 Å². The first-order valence-electron chi connectivity index (χ1n) is 22.5. The molecule has 5 heterocycles. The molecule has 61 heavy (non-hydrogen) atoms. The maximum absolute atomic E-state index is 14.3. The highest BCUT2D eigenvalue weighted by Crippen LogP contribution is 2.48. The van der Waals surface area contributed by atoms with Crippen molar-refractivity contribution in [3.8, 4) is 0 Å². The van der Waals surface area contributed by atoms with Gasteiger partial charge in [-0.1, -0.05) is 82.2 Å². The Morgan fingerprint density at radius 1 is 1.03 bits per heavy atom. The number of aryl methyl sites for hydroxylation is 1. The smallest absolute Gasteiger partial charge is 0.338 e. The molecule has 1 aromatic carbocycles. The van der Waals surface area contributed by atoms with Gasteiger partial charge < -0.3 is 48.1 Å². The minimum absolute atomic E-state index is 0.0100. The summed E-state index contributed by atoms with van der Waals surface area (Å²) in [4.78, 5) is 27.5. The summed E-state index contributed by atoms with van der Waals surface area (Å²) in [7, 11) is 1.60. The van der Waals surface area contributed by atoms with Crippen LogP contribution in [0.5, 0.6) is 0 Å². The highest BCUT2D eigenvalue weighted by molar-refractivity contribution is 5.89. The molecule has 2 N–H and O–H groups in total.